The molecular weight excluding hydrogens is 454 g/mol. The standard InChI is InChI=1S/C25H23N3O5S/c1-15-6-4-7-18(12-15)26-22(29)16(2)34-25-27-21-13-17(24(31)32-3)9-10-20(21)23(30)28(25)14-19-8-5-11-33-19/h4-13,16H,14H2,1-3H3,(H,26,29). The zero-order valence-electron chi connectivity index (χ0n) is 18.9. The molecule has 1 N–H and O–H groups in total. The van der Waals surface area contributed by atoms with Crippen molar-refractivity contribution in [2.75, 3.05) is 12.4 Å². The number of nitrogens with zero attached hydrogens (tertiary/aromatic N) is 2. The molecule has 0 saturated carbocycles. The molecule has 34 heavy (non-hydrogen) atoms. The summed E-state index contributed by atoms with van der Waals surface area (Å²) in [5, 5.41) is 3.02. The number of hydrogen-bond acceptors (Lipinski definition) is 7. The number of amides is 1. The van der Waals surface area contributed by atoms with Gasteiger partial charge in [-0.15, -0.1) is 0 Å². The van der Waals surface area contributed by atoms with Crippen LogP contribution in [0.15, 0.2) is 75.2 Å². The Bertz CT molecular complexity index is 1410. The zero-order chi connectivity index (χ0) is 24.2. The van der Waals surface area contributed by atoms with Crippen molar-refractivity contribution in [2.24, 2.45) is 0 Å². The minimum Gasteiger partial charge on any atom is -0.467 e. The average Bonchev–Trinajstić information content (AvgIpc) is 3.34. The van der Waals surface area contributed by atoms with E-state index in [0.717, 1.165) is 17.3 Å². The quantitative estimate of drug-likeness (QED) is 0.241. The Hall–Kier alpha value is -3.85. The first-order chi connectivity index (χ1) is 16.4. The maximum atomic E-state index is 13.4. The van der Waals surface area contributed by atoms with Crippen LogP contribution in [0.25, 0.3) is 10.9 Å². The Balaban J connectivity index is 1.71. The van der Waals surface area contributed by atoms with Crippen molar-refractivity contribution in [3.63, 3.8) is 0 Å². The summed E-state index contributed by atoms with van der Waals surface area (Å²) in [6.45, 7) is 3.85. The van der Waals surface area contributed by atoms with Gasteiger partial charge >= 0.3 is 5.97 Å². The number of aryl methyl sites for hydroxylation is 1. The summed E-state index contributed by atoms with van der Waals surface area (Å²) in [6, 6.07) is 15.6. The average molecular weight is 478 g/mol. The monoisotopic (exact) mass is 477 g/mol. The topological polar surface area (TPSA) is 103 Å². The van der Waals surface area contributed by atoms with Crippen molar-refractivity contribution in [1.29, 1.82) is 0 Å². The Kier molecular flexibility index (Phi) is 6.83. The normalized spacial score (nSPS) is 11.9. The van der Waals surface area contributed by atoms with Gasteiger partial charge in [-0.2, -0.15) is 0 Å². The smallest absolute Gasteiger partial charge is 0.337 e. The highest BCUT2D eigenvalue weighted by Crippen LogP contribution is 2.25. The maximum absolute atomic E-state index is 13.4. The van der Waals surface area contributed by atoms with Gasteiger partial charge in [0.05, 0.1) is 41.6 Å². The molecule has 0 aliphatic heterocycles. The molecule has 4 aromatic rings. The van der Waals surface area contributed by atoms with E-state index in [1.54, 1.807) is 25.1 Å². The van der Waals surface area contributed by atoms with Gasteiger partial charge in [-0.25, -0.2) is 9.78 Å². The number of rotatable bonds is 7. The number of thioether (sulfide) groups is 1. The number of hydrogen-bond donors (Lipinski definition) is 1. The van der Waals surface area contributed by atoms with Crippen LogP contribution in [0.1, 0.15) is 28.6 Å². The highest BCUT2D eigenvalue weighted by molar-refractivity contribution is 8.00. The van der Waals surface area contributed by atoms with Gasteiger partial charge in [0.15, 0.2) is 5.16 Å². The van der Waals surface area contributed by atoms with E-state index in [0.29, 0.717) is 27.5 Å². The van der Waals surface area contributed by atoms with E-state index in [1.165, 1.54) is 30.1 Å². The molecule has 0 fully saturated rings. The molecule has 1 unspecified atom stereocenters. The molecule has 0 aliphatic carbocycles. The minimum absolute atomic E-state index is 0.155. The molecule has 2 aromatic carbocycles. The molecule has 0 saturated heterocycles. The van der Waals surface area contributed by atoms with Gasteiger partial charge in [-0.05, 0) is 61.9 Å². The third-order valence-corrected chi connectivity index (χ3v) is 6.26. The van der Waals surface area contributed by atoms with Crippen LogP contribution in [-0.4, -0.2) is 33.8 Å². The molecule has 0 radical (unpaired) electrons. The number of methoxy groups -OCH3 is 1. The highest BCUT2D eigenvalue weighted by atomic mass is 32.2. The number of ether oxygens (including phenoxy) is 1. The molecule has 0 aliphatic rings. The van der Waals surface area contributed by atoms with Crippen LogP contribution in [0.3, 0.4) is 0 Å². The Labute approximate surface area is 199 Å². The predicted molar refractivity (Wildman–Crippen MR) is 130 cm³/mol. The largest absolute Gasteiger partial charge is 0.467 e. The first kappa shape index (κ1) is 23.3. The van der Waals surface area contributed by atoms with Crippen molar-refractivity contribution < 1.29 is 18.7 Å². The van der Waals surface area contributed by atoms with Crippen LogP contribution in [-0.2, 0) is 16.1 Å². The second-order valence-corrected chi connectivity index (χ2v) is 9.02. The number of anilines is 1. The van der Waals surface area contributed by atoms with Crippen LogP contribution in [0.5, 0.6) is 0 Å². The number of esters is 1. The van der Waals surface area contributed by atoms with E-state index in [-0.39, 0.29) is 23.6 Å². The molecule has 4 rings (SSSR count). The second kappa shape index (κ2) is 9.96. The van der Waals surface area contributed by atoms with Crippen molar-refractivity contribution >= 4 is 40.2 Å². The number of benzene rings is 2. The summed E-state index contributed by atoms with van der Waals surface area (Å²) in [4.78, 5) is 42.8. The Morgan fingerprint density at radius 1 is 1.18 bits per heavy atom. The zero-order valence-corrected chi connectivity index (χ0v) is 19.7. The molecule has 9 heteroatoms. The van der Waals surface area contributed by atoms with Crippen molar-refractivity contribution in [1.82, 2.24) is 9.55 Å². The fraction of sp³-hybridized carbons (Fsp3) is 0.200. The van der Waals surface area contributed by atoms with Gasteiger partial charge in [-0.3, -0.25) is 14.2 Å². The molecule has 2 heterocycles. The first-order valence-corrected chi connectivity index (χ1v) is 11.4. The van der Waals surface area contributed by atoms with E-state index in [2.05, 4.69) is 10.3 Å². The fourth-order valence-electron chi connectivity index (χ4n) is 3.41. The summed E-state index contributed by atoms with van der Waals surface area (Å²) < 4.78 is 11.7. The predicted octanol–water partition coefficient (Wildman–Crippen LogP) is 4.25. The van der Waals surface area contributed by atoms with Crippen LogP contribution >= 0.6 is 11.8 Å². The lowest BCUT2D eigenvalue weighted by atomic mass is 10.1. The SMILES string of the molecule is COC(=O)c1ccc2c(=O)n(Cc3ccco3)c(SC(C)C(=O)Nc3cccc(C)c3)nc2c1. The van der Waals surface area contributed by atoms with Crippen LogP contribution in [0, 0.1) is 6.92 Å². The van der Waals surface area contributed by atoms with Crippen molar-refractivity contribution in [2.45, 2.75) is 30.8 Å². The van der Waals surface area contributed by atoms with Crippen LogP contribution < -0.4 is 10.9 Å². The van der Waals surface area contributed by atoms with Gasteiger partial charge in [0, 0.05) is 5.69 Å². The van der Waals surface area contributed by atoms with Gasteiger partial charge in [0.25, 0.3) is 5.56 Å². The number of furan rings is 1. The van der Waals surface area contributed by atoms with E-state index in [4.69, 9.17) is 9.15 Å². The van der Waals surface area contributed by atoms with Gasteiger partial charge < -0.3 is 14.5 Å². The van der Waals surface area contributed by atoms with Gasteiger partial charge in [0.1, 0.15) is 5.76 Å². The lowest BCUT2D eigenvalue weighted by Gasteiger charge is -2.16. The number of nitrogens with one attached hydrogen (secondary N) is 1. The molecule has 1 amide bonds. The molecule has 0 bridgehead atoms. The summed E-state index contributed by atoms with van der Waals surface area (Å²) in [5.41, 5.74) is 2.05. The number of carbonyl (C=O) groups is 2. The third-order valence-electron chi connectivity index (χ3n) is 5.17. The van der Waals surface area contributed by atoms with E-state index in [9.17, 15) is 14.4 Å². The van der Waals surface area contributed by atoms with Crippen LogP contribution in [0.2, 0.25) is 0 Å². The molecule has 2 aromatic heterocycles. The molecule has 174 valence electrons. The molecule has 0 spiro atoms. The summed E-state index contributed by atoms with van der Waals surface area (Å²) >= 11 is 1.15. The van der Waals surface area contributed by atoms with Crippen LogP contribution in [0.4, 0.5) is 5.69 Å². The number of fused-ring (bicyclic) bond motifs is 1. The van der Waals surface area contributed by atoms with E-state index >= 15 is 0 Å². The lowest BCUT2D eigenvalue weighted by molar-refractivity contribution is -0.115. The van der Waals surface area contributed by atoms with E-state index in [1.807, 2.05) is 31.2 Å². The minimum atomic E-state index is -0.559. The lowest BCUT2D eigenvalue weighted by Crippen LogP contribution is -2.27. The van der Waals surface area contributed by atoms with Crippen molar-refractivity contribution in [3.05, 3.63) is 88.1 Å². The second-order valence-electron chi connectivity index (χ2n) is 7.71. The van der Waals surface area contributed by atoms with Gasteiger partial charge in [-0.1, -0.05) is 23.9 Å². The highest BCUT2D eigenvalue weighted by Gasteiger charge is 2.21. The molecule has 1 atom stereocenters. The summed E-state index contributed by atoms with van der Waals surface area (Å²) in [7, 11) is 1.29. The maximum Gasteiger partial charge on any atom is 0.337 e. The van der Waals surface area contributed by atoms with Crippen molar-refractivity contribution in [3.8, 4) is 0 Å². The van der Waals surface area contributed by atoms with E-state index < -0.39 is 11.2 Å². The Morgan fingerprint density at radius 2 is 2.00 bits per heavy atom. The fourth-order valence-corrected chi connectivity index (χ4v) is 4.32. The summed E-state index contributed by atoms with van der Waals surface area (Å²) in [6.07, 6.45) is 1.53. The number of carbonyl (C=O) groups excluding carboxylic acids is 2. The van der Waals surface area contributed by atoms with Gasteiger partial charge in [0.2, 0.25) is 5.91 Å². The third kappa shape index (κ3) is 5.04. The molecule has 8 nitrogen and oxygen atoms in total. The first-order valence-electron chi connectivity index (χ1n) is 10.5. The molecular formula is C25H23N3O5S. The summed E-state index contributed by atoms with van der Waals surface area (Å²) in [5.74, 6) is -0.172. The number of aromatic nitrogens is 2. The Morgan fingerprint density at radius 3 is 2.71 bits per heavy atom.